The molecule has 28 heavy (non-hydrogen) atoms. The first-order valence-electron chi connectivity index (χ1n) is 9.03. The number of nitrogens with zero attached hydrogens (tertiary/aromatic N) is 3. The molecule has 2 aliphatic rings. The van der Waals surface area contributed by atoms with Gasteiger partial charge in [-0.05, 0) is 24.6 Å². The van der Waals surface area contributed by atoms with Crippen LogP contribution in [-0.2, 0) is 17.8 Å². The first-order chi connectivity index (χ1) is 13.4. The first kappa shape index (κ1) is 19.6. The molecule has 1 aromatic heterocycles. The molecule has 0 saturated carbocycles. The van der Waals surface area contributed by atoms with Crippen molar-refractivity contribution < 1.29 is 14.7 Å². The average Bonchev–Trinajstić information content (AvgIpc) is 3.24. The minimum Gasteiger partial charge on any atom is -0.383 e. The quantitative estimate of drug-likeness (QED) is 0.624. The van der Waals surface area contributed by atoms with Gasteiger partial charge in [-0.15, -0.1) is 6.42 Å². The smallest absolute Gasteiger partial charge is 0.269 e. The maximum atomic E-state index is 11.5. The lowest BCUT2D eigenvalue weighted by molar-refractivity contribution is -0.133. The normalized spacial score (nSPS) is 18.1. The van der Waals surface area contributed by atoms with Crippen molar-refractivity contribution in [3.05, 3.63) is 46.8 Å². The fourth-order valence-electron chi connectivity index (χ4n) is 3.29. The zero-order valence-electron chi connectivity index (χ0n) is 15.7. The van der Waals surface area contributed by atoms with Crippen LogP contribution in [0.1, 0.15) is 33.7 Å². The third-order valence-electron chi connectivity index (χ3n) is 4.82. The van der Waals surface area contributed by atoms with Crippen molar-refractivity contribution in [2.75, 3.05) is 20.1 Å². The molecule has 1 aromatic carbocycles. The highest BCUT2D eigenvalue weighted by atomic mass is 16.3. The van der Waals surface area contributed by atoms with Crippen LogP contribution in [0.4, 0.5) is 0 Å². The molecule has 1 saturated heterocycles. The fraction of sp³-hybridized carbons (Fsp3) is 0.350. The monoisotopic (exact) mass is 381 g/mol. The molecule has 1 atom stereocenters. The van der Waals surface area contributed by atoms with Crippen molar-refractivity contribution >= 4 is 11.8 Å². The summed E-state index contributed by atoms with van der Waals surface area (Å²) in [5, 5.41) is 16.4. The lowest BCUT2D eigenvalue weighted by Crippen LogP contribution is -2.26. The van der Waals surface area contributed by atoms with Gasteiger partial charge in [-0.25, -0.2) is 4.68 Å². The largest absolute Gasteiger partial charge is 0.383 e. The Labute approximate surface area is 163 Å². The van der Waals surface area contributed by atoms with Gasteiger partial charge < -0.3 is 21.1 Å². The van der Waals surface area contributed by atoms with Crippen LogP contribution in [0.3, 0.4) is 0 Å². The lowest BCUT2D eigenvalue weighted by atomic mass is 10.1. The van der Waals surface area contributed by atoms with Crippen molar-refractivity contribution in [1.29, 1.82) is 0 Å². The number of nitrogens with two attached hydrogens (primary N) is 1. The van der Waals surface area contributed by atoms with Crippen molar-refractivity contribution in [2.45, 2.75) is 25.5 Å². The highest BCUT2D eigenvalue weighted by Gasteiger charge is 2.26. The van der Waals surface area contributed by atoms with E-state index in [1.807, 2.05) is 24.3 Å². The Morgan fingerprint density at radius 2 is 2.25 bits per heavy atom. The van der Waals surface area contributed by atoms with Crippen LogP contribution < -0.4 is 11.1 Å². The Morgan fingerprint density at radius 3 is 2.82 bits per heavy atom. The van der Waals surface area contributed by atoms with E-state index in [1.54, 1.807) is 11.7 Å². The summed E-state index contributed by atoms with van der Waals surface area (Å²) in [5.41, 5.74) is 9.28. The summed E-state index contributed by atoms with van der Waals surface area (Å²) in [5.74, 6) is 1.95. The maximum Gasteiger partial charge on any atom is 0.269 e. The maximum absolute atomic E-state index is 11.5. The summed E-state index contributed by atoms with van der Waals surface area (Å²) in [6.07, 6.45) is 6.10. The molecule has 2 aliphatic heterocycles. The molecule has 1 fully saturated rings. The molecule has 0 bridgehead atoms. The van der Waals surface area contributed by atoms with E-state index in [-0.39, 0.29) is 5.91 Å². The summed E-state index contributed by atoms with van der Waals surface area (Å²) in [7, 11) is 1.69. The molecule has 0 spiro atoms. The number of benzene rings is 1. The molecule has 4 rings (SSSR count). The van der Waals surface area contributed by atoms with Gasteiger partial charge in [0, 0.05) is 44.2 Å². The second kappa shape index (κ2) is 8.25. The molecule has 0 aliphatic carbocycles. The number of amides is 2. The van der Waals surface area contributed by atoms with Crippen LogP contribution >= 0.6 is 0 Å². The SMILES string of the molecule is C#Cc1cccc(-n2nc(C(N)=O)c3c2CCNC3)c1.CN1CC[C@H](O)C1=O. The predicted octanol–water partition coefficient (Wildman–Crippen LogP) is -0.192. The molecule has 8 heteroatoms. The number of terminal acetylenes is 1. The van der Waals surface area contributed by atoms with Crippen molar-refractivity contribution in [2.24, 2.45) is 5.73 Å². The van der Waals surface area contributed by atoms with E-state index in [4.69, 9.17) is 17.3 Å². The zero-order chi connectivity index (χ0) is 20.3. The first-order valence-corrected chi connectivity index (χ1v) is 9.03. The van der Waals surface area contributed by atoms with E-state index in [1.165, 1.54) is 4.90 Å². The molecule has 3 heterocycles. The van der Waals surface area contributed by atoms with Crippen LogP contribution in [0.15, 0.2) is 24.3 Å². The Morgan fingerprint density at radius 1 is 1.46 bits per heavy atom. The molecule has 146 valence electrons. The molecule has 8 nitrogen and oxygen atoms in total. The van der Waals surface area contributed by atoms with E-state index in [0.717, 1.165) is 35.5 Å². The minimum atomic E-state index is -0.722. The van der Waals surface area contributed by atoms with E-state index in [9.17, 15) is 9.59 Å². The molecular weight excluding hydrogens is 358 g/mol. The van der Waals surface area contributed by atoms with Gasteiger partial charge in [-0.1, -0.05) is 12.0 Å². The number of primary amides is 1. The summed E-state index contributed by atoms with van der Waals surface area (Å²) < 4.78 is 1.77. The number of likely N-dealkylation sites (tertiary alicyclic amines) is 1. The van der Waals surface area contributed by atoms with E-state index < -0.39 is 12.0 Å². The Kier molecular flexibility index (Phi) is 5.78. The fourth-order valence-corrected chi connectivity index (χ4v) is 3.29. The van der Waals surface area contributed by atoms with Crippen molar-refractivity contribution in [3.8, 4) is 18.0 Å². The van der Waals surface area contributed by atoms with Crippen LogP contribution in [0.2, 0.25) is 0 Å². The number of likely N-dealkylation sites (N-methyl/N-ethyl adjacent to an activating group) is 1. The van der Waals surface area contributed by atoms with Gasteiger partial charge in [-0.3, -0.25) is 9.59 Å². The van der Waals surface area contributed by atoms with Gasteiger partial charge in [0.15, 0.2) is 5.69 Å². The van der Waals surface area contributed by atoms with E-state index in [0.29, 0.717) is 25.2 Å². The second-order valence-electron chi connectivity index (χ2n) is 6.74. The number of aliphatic hydroxyl groups is 1. The summed E-state index contributed by atoms with van der Waals surface area (Å²) in [6, 6.07) is 7.53. The summed E-state index contributed by atoms with van der Waals surface area (Å²) >= 11 is 0. The Hall–Kier alpha value is -3.15. The summed E-state index contributed by atoms with van der Waals surface area (Å²) in [6.45, 7) is 2.16. The van der Waals surface area contributed by atoms with E-state index >= 15 is 0 Å². The number of hydrogen-bond acceptors (Lipinski definition) is 5. The molecule has 0 unspecified atom stereocenters. The number of rotatable bonds is 2. The standard InChI is InChI=1S/C15H14N4O.C5H9NO2/c1-2-10-4-3-5-11(8-10)19-13-6-7-17-9-12(13)14(18-19)15(16)20;1-6-3-2-4(7)5(6)8/h1,3-5,8,17H,6-7,9H2,(H2,16,20);4,7H,2-3H2,1H3/t;4-/m.0/s1. The third kappa shape index (κ3) is 3.91. The summed E-state index contributed by atoms with van der Waals surface area (Å²) in [4.78, 5) is 23.6. The van der Waals surface area contributed by atoms with Gasteiger partial charge in [0.05, 0.1) is 11.4 Å². The number of carbonyl (C=O) groups excluding carboxylic acids is 2. The van der Waals surface area contributed by atoms with E-state index in [2.05, 4.69) is 16.3 Å². The lowest BCUT2D eigenvalue weighted by Gasteiger charge is -2.15. The molecule has 0 radical (unpaired) electrons. The highest BCUT2D eigenvalue weighted by molar-refractivity contribution is 5.92. The predicted molar refractivity (Wildman–Crippen MR) is 104 cm³/mol. The highest BCUT2D eigenvalue weighted by Crippen LogP contribution is 2.22. The van der Waals surface area contributed by atoms with Crippen LogP contribution in [0.5, 0.6) is 0 Å². The molecule has 2 aromatic rings. The Balaban J connectivity index is 0.000000236. The molecule has 2 amide bonds. The molecular formula is C20H23N5O3. The van der Waals surface area contributed by atoms with Gasteiger partial charge in [0.25, 0.3) is 11.8 Å². The average molecular weight is 381 g/mol. The van der Waals surface area contributed by atoms with Gasteiger partial charge in [-0.2, -0.15) is 5.10 Å². The van der Waals surface area contributed by atoms with Crippen molar-refractivity contribution in [3.63, 3.8) is 0 Å². The van der Waals surface area contributed by atoms with Gasteiger partial charge in [0.1, 0.15) is 6.10 Å². The zero-order valence-corrected chi connectivity index (χ0v) is 15.7. The number of hydrogen-bond donors (Lipinski definition) is 3. The molecule has 4 N–H and O–H groups in total. The van der Waals surface area contributed by atoms with Gasteiger partial charge >= 0.3 is 0 Å². The number of fused-ring (bicyclic) bond motifs is 1. The number of aliphatic hydroxyl groups excluding tert-OH is 1. The Bertz CT molecular complexity index is 932. The topological polar surface area (TPSA) is 113 Å². The number of nitrogens with one attached hydrogen (secondary N) is 1. The van der Waals surface area contributed by atoms with Crippen molar-refractivity contribution in [1.82, 2.24) is 20.0 Å². The van der Waals surface area contributed by atoms with Crippen LogP contribution in [0, 0.1) is 12.3 Å². The number of aromatic nitrogens is 2. The van der Waals surface area contributed by atoms with Gasteiger partial charge in [0.2, 0.25) is 0 Å². The third-order valence-corrected chi connectivity index (χ3v) is 4.82. The number of carbonyl (C=O) groups is 2. The van der Waals surface area contributed by atoms with Crippen LogP contribution in [-0.4, -0.2) is 57.8 Å². The second-order valence-corrected chi connectivity index (χ2v) is 6.74. The van der Waals surface area contributed by atoms with Crippen LogP contribution in [0.25, 0.3) is 5.69 Å². The minimum absolute atomic E-state index is 0.148.